The molecule has 4 rings (SSSR count). The van der Waals surface area contributed by atoms with Crippen molar-refractivity contribution in [2.24, 2.45) is 0 Å². The SMILES string of the molecule is CCCCc1ccc(C(=O)Nc2ccc3cc(Cn4cccc4)cnc3c2C)cc1. The standard InChI is InChI=1S/C26H27N3O/c1-3-4-7-20-8-10-22(11-9-20)26(30)28-24-13-12-23-16-21(17-27-25(23)19(24)2)18-29-14-5-6-15-29/h5-6,8-17H,3-4,7,18H2,1-2H3,(H,28,30). The predicted molar refractivity (Wildman–Crippen MR) is 123 cm³/mol. The van der Waals surface area contributed by atoms with Crippen LogP contribution in [0.15, 0.2) is 73.2 Å². The van der Waals surface area contributed by atoms with Gasteiger partial charge in [0.1, 0.15) is 0 Å². The smallest absolute Gasteiger partial charge is 0.255 e. The lowest BCUT2D eigenvalue weighted by molar-refractivity contribution is 0.102. The lowest BCUT2D eigenvalue weighted by atomic mass is 10.0. The molecule has 4 nitrogen and oxygen atoms in total. The second-order valence-electron chi connectivity index (χ2n) is 7.76. The number of pyridine rings is 1. The largest absolute Gasteiger partial charge is 0.350 e. The van der Waals surface area contributed by atoms with Crippen molar-refractivity contribution in [3.63, 3.8) is 0 Å². The van der Waals surface area contributed by atoms with Gasteiger partial charge >= 0.3 is 0 Å². The summed E-state index contributed by atoms with van der Waals surface area (Å²) in [6.07, 6.45) is 9.40. The summed E-state index contributed by atoms with van der Waals surface area (Å²) in [6, 6.07) is 18.1. The molecular weight excluding hydrogens is 370 g/mol. The van der Waals surface area contributed by atoms with Crippen LogP contribution in [0.2, 0.25) is 0 Å². The lowest BCUT2D eigenvalue weighted by Crippen LogP contribution is -2.13. The van der Waals surface area contributed by atoms with Crippen LogP contribution in [0, 0.1) is 6.92 Å². The van der Waals surface area contributed by atoms with E-state index in [1.807, 2.05) is 74.0 Å². The maximum atomic E-state index is 12.7. The molecule has 0 radical (unpaired) electrons. The van der Waals surface area contributed by atoms with Crippen LogP contribution in [0.3, 0.4) is 0 Å². The first-order chi connectivity index (χ1) is 14.6. The number of carbonyl (C=O) groups is 1. The van der Waals surface area contributed by atoms with Crippen molar-refractivity contribution in [1.82, 2.24) is 9.55 Å². The quantitative estimate of drug-likeness (QED) is 0.416. The lowest BCUT2D eigenvalue weighted by Gasteiger charge is -2.12. The second kappa shape index (κ2) is 8.95. The Balaban J connectivity index is 1.51. The average Bonchev–Trinajstić information content (AvgIpc) is 3.27. The maximum Gasteiger partial charge on any atom is 0.255 e. The van der Waals surface area contributed by atoms with E-state index in [0.29, 0.717) is 5.56 Å². The topological polar surface area (TPSA) is 46.9 Å². The molecule has 0 saturated heterocycles. The number of fused-ring (bicyclic) bond motifs is 1. The Morgan fingerprint density at radius 2 is 1.80 bits per heavy atom. The highest BCUT2D eigenvalue weighted by Crippen LogP contribution is 2.25. The number of benzene rings is 2. The third-order valence-electron chi connectivity index (χ3n) is 5.48. The van der Waals surface area contributed by atoms with Crippen LogP contribution in [-0.2, 0) is 13.0 Å². The highest BCUT2D eigenvalue weighted by Gasteiger charge is 2.11. The van der Waals surface area contributed by atoms with Gasteiger partial charge < -0.3 is 9.88 Å². The fourth-order valence-corrected chi connectivity index (χ4v) is 3.70. The number of nitrogens with zero attached hydrogens (tertiary/aromatic N) is 2. The van der Waals surface area contributed by atoms with E-state index < -0.39 is 0 Å². The van der Waals surface area contributed by atoms with Crippen LogP contribution < -0.4 is 5.32 Å². The minimum absolute atomic E-state index is 0.0938. The predicted octanol–water partition coefficient (Wildman–Crippen LogP) is 5.99. The van der Waals surface area contributed by atoms with Crippen LogP contribution in [0.5, 0.6) is 0 Å². The number of hydrogen-bond donors (Lipinski definition) is 1. The van der Waals surface area contributed by atoms with E-state index in [4.69, 9.17) is 0 Å². The number of carbonyl (C=O) groups excluding carboxylic acids is 1. The van der Waals surface area contributed by atoms with Crippen molar-refractivity contribution in [2.45, 2.75) is 39.7 Å². The van der Waals surface area contributed by atoms with Crippen molar-refractivity contribution in [2.75, 3.05) is 5.32 Å². The monoisotopic (exact) mass is 397 g/mol. The molecule has 0 aliphatic rings. The molecule has 152 valence electrons. The molecule has 0 fully saturated rings. The Morgan fingerprint density at radius 3 is 2.53 bits per heavy atom. The van der Waals surface area contributed by atoms with Crippen molar-refractivity contribution in [3.05, 3.63) is 95.4 Å². The van der Waals surface area contributed by atoms with E-state index in [1.54, 1.807) is 0 Å². The summed E-state index contributed by atoms with van der Waals surface area (Å²) in [5.74, 6) is -0.0938. The zero-order valence-corrected chi connectivity index (χ0v) is 17.6. The molecule has 4 aromatic rings. The average molecular weight is 398 g/mol. The van der Waals surface area contributed by atoms with Gasteiger partial charge in [0, 0.05) is 41.8 Å². The molecule has 30 heavy (non-hydrogen) atoms. The molecule has 0 atom stereocenters. The summed E-state index contributed by atoms with van der Waals surface area (Å²) >= 11 is 0. The molecule has 4 heteroatoms. The fourth-order valence-electron chi connectivity index (χ4n) is 3.70. The first-order valence-electron chi connectivity index (χ1n) is 10.5. The van der Waals surface area contributed by atoms with Gasteiger partial charge in [0.2, 0.25) is 0 Å². The molecule has 0 aliphatic carbocycles. The highest BCUT2D eigenvalue weighted by molar-refractivity contribution is 6.05. The Kier molecular flexibility index (Phi) is 5.94. The number of hydrogen-bond acceptors (Lipinski definition) is 2. The number of amides is 1. The van der Waals surface area contributed by atoms with Gasteiger partial charge in [-0.05, 0) is 72.9 Å². The Bertz CT molecular complexity index is 1150. The number of nitrogens with one attached hydrogen (secondary N) is 1. The summed E-state index contributed by atoms with van der Waals surface area (Å²) in [6.45, 7) is 4.98. The fraction of sp³-hybridized carbons (Fsp3) is 0.231. The summed E-state index contributed by atoms with van der Waals surface area (Å²) in [5.41, 5.74) is 5.79. The van der Waals surface area contributed by atoms with Crippen LogP contribution in [0.25, 0.3) is 10.9 Å². The van der Waals surface area contributed by atoms with Gasteiger partial charge in [0.05, 0.1) is 5.52 Å². The van der Waals surface area contributed by atoms with Crippen molar-refractivity contribution in [1.29, 1.82) is 0 Å². The number of aryl methyl sites for hydroxylation is 2. The molecule has 1 N–H and O–H groups in total. The summed E-state index contributed by atoms with van der Waals surface area (Å²) in [5, 5.41) is 4.13. The second-order valence-corrected chi connectivity index (χ2v) is 7.76. The van der Waals surface area contributed by atoms with Gasteiger partial charge in [-0.3, -0.25) is 9.78 Å². The van der Waals surface area contributed by atoms with Crippen LogP contribution >= 0.6 is 0 Å². The molecule has 0 saturated carbocycles. The maximum absolute atomic E-state index is 12.7. The molecule has 2 aromatic heterocycles. The van der Waals surface area contributed by atoms with Gasteiger partial charge in [-0.1, -0.05) is 31.5 Å². The van der Waals surface area contributed by atoms with E-state index in [9.17, 15) is 4.79 Å². The van der Waals surface area contributed by atoms with Crippen LogP contribution in [0.4, 0.5) is 5.69 Å². The molecule has 0 spiro atoms. The summed E-state index contributed by atoms with van der Waals surface area (Å²) in [4.78, 5) is 17.4. The molecule has 2 aromatic carbocycles. The molecule has 1 amide bonds. The van der Waals surface area contributed by atoms with Gasteiger partial charge in [0.15, 0.2) is 0 Å². The van der Waals surface area contributed by atoms with Gasteiger partial charge in [-0.25, -0.2) is 0 Å². The third kappa shape index (κ3) is 4.43. The first kappa shape index (κ1) is 19.9. The molecule has 0 aliphatic heterocycles. The summed E-state index contributed by atoms with van der Waals surface area (Å²) < 4.78 is 2.12. The Labute approximate surface area is 177 Å². The Hall–Kier alpha value is -3.40. The van der Waals surface area contributed by atoms with Gasteiger partial charge in [-0.2, -0.15) is 0 Å². The molecule has 0 unspecified atom stereocenters. The zero-order valence-electron chi connectivity index (χ0n) is 17.6. The van der Waals surface area contributed by atoms with E-state index in [1.165, 1.54) is 18.4 Å². The van der Waals surface area contributed by atoms with E-state index >= 15 is 0 Å². The minimum Gasteiger partial charge on any atom is -0.350 e. The minimum atomic E-state index is -0.0938. The number of unbranched alkanes of at least 4 members (excludes halogenated alkanes) is 1. The van der Waals surface area contributed by atoms with E-state index in [-0.39, 0.29) is 5.91 Å². The Morgan fingerprint density at radius 1 is 1.03 bits per heavy atom. The van der Waals surface area contributed by atoms with Crippen LogP contribution in [0.1, 0.15) is 46.8 Å². The third-order valence-corrected chi connectivity index (χ3v) is 5.48. The van der Waals surface area contributed by atoms with Gasteiger partial charge in [0.25, 0.3) is 5.91 Å². The number of anilines is 1. The van der Waals surface area contributed by atoms with Gasteiger partial charge in [-0.15, -0.1) is 0 Å². The normalized spacial score (nSPS) is 11.0. The highest BCUT2D eigenvalue weighted by atomic mass is 16.1. The molecule has 0 bridgehead atoms. The van der Waals surface area contributed by atoms with Crippen LogP contribution in [-0.4, -0.2) is 15.5 Å². The van der Waals surface area contributed by atoms with Crippen molar-refractivity contribution >= 4 is 22.5 Å². The zero-order chi connectivity index (χ0) is 20.9. The molecular formula is C26H27N3O. The van der Waals surface area contributed by atoms with Crippen molar-refractivity contribution < 1.29 is 4.79 Å². The van der Waals surface area contributed by atoms with Crippen molar-refractivity contribution in [3.8, 4) is 0 Å². The summed E-state index contributed by atoms with van der Waals surface area (Å²) in [7, 11) is 0. The first-order valence-corrected chi connectivity index (χ1v) is 10.5. The number of rotatable bonds is 7. The number of aromatic nitrogens is 2. The van der Waals surface area contributed by atoms with E-state index in [0.717, 1.165) is 40.7 Å². The van der Waals surface area contributed by atoms with E-state index in [2.05, 4.69) is 27.9 Å². The molecule has 2 heterocycles.